The number of rotatable bonds is 14. The second-order valence-corrected chi connectivity index (χ2v) is 7.72. The first-order valence-electron chi connectivity index (χ1n) is 10.7. The van der Waals surface area contributed by atoms with Crippen molar-refractivity contribution in [1.29, 1.82) is 0 Å². The van der Waals surface area contributed by atoms with E-state index in [1.165, 1.54) is 0 Å². The predicted molar refractivity (Wildman–Crippen MR) is 120 cm³/mol. The smallest absolute Gasteiger partial charge is 0.346 e. The van der Waals surface area contributed by atoms with E-state index in [2.05, 4.69) is 0 Å². The lowest BCUT2D eigenvalue weighted by Crippen LogP contribution is -2.52. The Morgan fingerprint density at radius 1 is 0.844 bits per heavy atom. The number of methoxy groups -OCH3 is 2. The molecule has 0 saturated carbocycles. The molecular weight excluding hydrogens is 410 g/mol. The number of likely N-dealkylation sites (N-methyl/N-ethyl adjacent to an activating group) is 1. The molecule has 0 aliphatic carbocycles. The summed E-state index contributed by atoms with van der Waals surface area (Å²) < 4.78 is 15.5. The van der Waals surface area contributed by atoms with E-state index in [1.54, 1.807) is 21.3 Å². The fourth-order valence-electron chi connectivity index (χ4n) is 3.24. The highest BCUT2D eigenvalue weighted by Gasteiger charge is 2.38. The van der Waals surface area contributed by atoms with Gasteiger partial charge in [0, 0.05) is 14.2 Å². The average Bonchev–Trinajstić information content (AvgIpc) is 2.82. The maximum Gasteiger partial charge on any atom is 0.346 e. The maximum absolute atomic E-state index is 13.3. The zero-order valence-corrected chi connectivity index (χ0v) is 19.2. The number of nitrogens with zero attached hydrogens (tertiary/aromatic N) is 1. The van der Waals surface area contributed by atoms with Gasteiger partial charge in [-0.25, -0.2) is 4.79 Å². The summed E-state index contributed by atoms with van der Waals surface area (Å²) in [5.41, 5.74) is 1.86. The van der Waals surface area contributed by atoms with E-state index in [1.807, 2.05) is 60.7 Å². The highest BCUT2D eigenvalue weighted by Crippen LogP contribution is 2.20. The summed E-state index contributed by atoms with van der Waals surface area (Å²) >= 11 is 0. The van der Waals surface area contributed by atoms with Crippen LogP contribution in [0.15, 0.2) is 60.7 Å². The van der Waals surface area contributed by atoms with Crippen molar-refractivity contribution in [3.63, 3.8) is 0 Å². The summed E-state index contributed by atoms with van der Waals surface area (Å²) in [5.74, 6) is -1.24. The van der Waals surface area contributed by atoms with Gasteiger partial charge in [-0.1, -0.05) is 60.7 Å². The molecule has 0 fully saturated rings. The lowest BCUT2D eigenvalue weighted by molar-refractivity contribution is -1.03. The van der Waals surface area contributed by atoms with Crippen molar-refractivity contribution in [2.75, 3.05) is 47.6 Å². The highest BCUT2D eigenvalue weighted by atomic mass is 16.7. The van der Waals surface area contributed by atoms with Crippen LogP contribution in [0.25, 0.3) is 0 Å². The lowest BCUT2D eigenvalue weighted by atomic mass is 9.95. The van der Waals surface area contributed by atoms with Gasteiger partial charge < -0.3 is 14.2 Å². The highest BCUT2D eigenvalue weighted by molar-refractivity contribution is 5.79. The van der Waals surface area contributed by atoms with Gasteiger partial charge in [-0.15, -0.1) is 4.65 Å². The van der Waals surface area contributed by atoms with E-state index in [9.17, 15) is 9.59 Å². The molecule has 0 saturated heterocycles. The van der Waals surface area contributed by atoms with E-state index in [4.69, 9.17) is 19.0 Å². The van der Waals surface area contributed by atoms with Gasteiger partial charge in [0.05, 0.1) is 25.6 Å². The minimum atomic E-state index is -0.625. The molecule has 7 nitrogen and oxygen atoms in total. The van der Waals surface area contributed by atoms with Crippen LogP contribution in [-0.4, -0.2) is 64.2 Å². The van der Waals surface area contributed by atoms with E-state index >= 15 is 0 Å². The van der Waals surface area contributed by atoms with Gasteiger partial charge in [-0.2, -0.15) is 4.84 Å². The Bertz CT molecular complexity index is 814. The van der Waals surface area contributed by atoms with Crippen molar-refractivity contribution >= 4 is 11.9 Å². The molecule has 32 heavy (non-hydrogen) atoms. The van der Waals surface area contributed by atoms with Gasteiger partial charge in [-0.3, -0.25) is 4.79 Å². The molecule has 174 valence electrons. The van der Waals surface area contributed by atoms with E-state index in [-0.39, 0.29) is 30.2 Å². The summed E-state index contributed by atoms with van der Waals surface area (Å²) in [6.45, 7) is 1.46. The topological polar surface area (TPSA) is 71.1 Å². The monoisotopic (exact) mass is 444 g/mol. The van der Waals surface area contributed by atoms with Crippen LogP contribution in [-0.2, 0) is 41.7 Å². The van der Waals surface area contributed by atoms with Gasteiger partial charge >= 0.3 is 11.9 Å². The number of carbonyl (C=O) groups is 2. The number of hydrogen-bond donors (Lipinski definition) is 0. The Morgan fingerprint density at radius 3 is 2.03 bits per heavy atom. The zero-order valence-electron chi connectivity index (χ0n) is 19.2. The lowest BCUT2D eigenvalue weighted by Gasteiger charge is -2.29. The van der Waals surface area contributed by atoms with Crippen molar-refractivity contribution < 1.29 is 33.3 Å². The molecular formula is C25H34NO6+. The maximum atomic E-state index is 13.3. The third kappa shape index (κ3) is 8.51. The van der Waals surface area contributed by atoms with Gasteiger partial charge in [-0.05, 0) is 17.5 Å². The molecule has 0 radical (unpaired) electrons. The number of amides is 1. The summed E-state index contributed by atoms with van der Waals surface area (Å²) in [5, 5.41) is 0. The van der Waals surface area contributed by atoms with Crippen LogP contribution >= 0.6 is 0 Å². The van der Waals surface area contributed by atoms with Gasteiger partial charge in [0.1, 0.15) is 26.8 Å². The summed E-state index contributed by atoms with van der Waals surface area (Å²) in [6, 6.07) is 19.1. The third-order valence-corrected chi connectivity index (χ3v) is 5.22. The van der Waals surface area contributed by atoms with Gasteiger partial charge in [0.15, 0.2) is 0 Å². The van der Waals surface area contributed by atoms with Gasteiger partial charge in [0.25, 0.3) is 0 Å². The van der Waals surface area contributed by atoms with E-state index in [0.717, 1.165) is 11.1 Å². The molecule has 2 atom stereocenters. The SMILES string of the molecule is COCCO[N+](C)(CCOC)C(=O)C[C@@H](Cc1ccccc1)C(=O)OCc1ccccc1. The summed E-state index contributed by atoms with van der Waals surface area (Å²) in [4.78, 5) is 32.1. The molecule has 0 N–H and O–H groups in total. The first kappa shape index (κ1) is 25.7. The largest absolute Gasteiger partial charge is 0.461 e. The average molecular weight is 445 g/mol. The van der Waals surface area contributed by atoms with Crippen molar-refractivity contribution in [2.45, 2.75) is 19.4 Å². The Balaban J connectivity index is 2.13. The van der Waals surface area contributed by atoms with Crippen molar-refractivity contribution in [1.82, 2.24) is 0 Å². The minimum Gasteiger partial charge on any atom is -0.461 e. The number of hydroxylamine groups is 3. The molecule has 0 aliphatic rings. The van der Waals surface area contributed by atoms with Crippen LogP contribution in [0, 0.1) is 5.92 Å². The Hall–Kier alpha value is -2.58. The standard InChI is InChI=1S/C25H34NO6/c1-26(14-15-29-2,32-17-16-30-3)24(27)19-23(18-21-10-6-4-7-11-21)25(28)31-20-22-12-8-5-9-13-22/h4-13,23H,14-20H2,1-3H3/q+1/t23-,26?/m1/s1. The molecule has 2 aromatic carbocycles. The Morgan fingerprint density at radius 2 is 1.44 bits per heavy atom. The van der Waals surface area contributed by atoms with Crippen molar-refractivity contribution in [2.24, 2.45) is 5.92 Å². The molecule has 2 aromatic rings. The number of hydrogen-bond acceptors (Lipinski definition) is 6. The summed E-state index contributed by atoms with van der Waals surface area (Å²) in [6.07, 6.45) is 0.401. The molecule has 0 bridgehead atoms. The van der Waals surface area contributed by atoms with Crippen LogP contribution in [0.5, 0.6) is 0 Å². The normalized spacial score (nSPS) is 13.8. The van der Waals surface area contributed by atoms with E-state index in [0.29, 0.717) is 26.2 Å². The first-order chi connectivity index (χ1) is 15.5. The molecule has 2 rings (SSSR count). The number of esters is 1. The zero-order chi connectivity index (χ0) is 23.2. The third-order valence-electron chi connectivity index (χ3n) is 5.22. The van der Waals surface area contributed by atoms with Crippen LogP contribution in [0.4, 0.5) is 0 Å². The molecule has 0 heterocycles. The van der Waals surface area contributed by atoms with E-state index < -0.39 is 11.9 Å². The van der Waals surface area contributed by atoms with Crippen molar-refractivity contribution in [3.05, 3.63) is 71.8 Å². The number of ether oxygens (including phenoxy) is 3. The van der Waals surface area contributed by atoms with Crippen LogP contribution in [0.1, 0.15) is 17.5 Å². The van der Waals surface area contributed by atoms with Crippen LogP contribution < -0.4 is 0 Å². The van der Waals surface area contributed by atoms with Crippen molar-refractivity contribution in [3.8, 4) is 0 Å². The second-order valence-electron chi connectivity index (χ2n) is 7.72. The Labute approximate surface area is 190 Å². The first-order valence-corrected chi connectivity index (χ1v) is 10.7. The molecule has 0 spiro atoms. The fraction of sp³-hybridized carbons (Fsp3) is 0.440. The molecule has 0 aliphatic heterocycles. The van der Waals surface area contributed by atoms with Crippen LogP contribution in [0.2, 0.25) is 0 Å². The summed E-state index contributed by atoms with van der Waals surface area (Å²) in [7, 11) is 4.83. The molecule has 1 unspecified atom stereocenters. The predicted octanol–water partition coefficient (Wildman–Crippen LogP) is 3.18. The molecule has 1 amide bonds. The molecule has 0 aromatic heterocycles. The quantitative estimate of drug-likeness (QED) is 0.193. The molecule has 7 heteroatoms. The number of quaternary nitrogens is 1. The van der Waals surface area contributed by atoms with Crippen LogP contribution in [0.3, 0.4) is 0 Å². The number of carbonyl (C=O) groups excluding carboxylic acids is 2. The van der Waals surface area contributed by atoms with Gasteiger partial charge in [0.2, 0.25) is 0 Å². The Kier molecular flexibility index (Phi) is 11.0. The number of benzene rings is 2. The minimum absolute atomic E-state index is 0.00425. The fourth-order valence-corrected chi connectivity index (χ4v) is 3.24. The second kappa shape index (κ2) is 13.8.